The number of carbonyl (C=O) groups excluding carboxylic acids is 1. The number of benzene rings is 2. The lowest BCUT2D eigenvalue weighted by atomic mass is 10.2. The van der Waals surface area contributed by atoms with Gasteiger partial charge in [-0.05, 0) is 42.5 Å². The van der Waals surface area contributed by atoms with Crippen LogP contribution in [0.4, 0.5) is 30.4 Å². The zero-order valence-corrected chi connectivity index (χ0v) is 16.8. The summed E-state index contributed by atoms with van der Waals surface area (Å²) in [6.07, 6.45) is -3.72. The number of anilines is 2. The number of alkyl halides is 3. The first kappa shape index (κ1) is 22.7. The Morgan fingerprint density at radius 1 is 1.16 bits per heavy atom. The van der Waals surface area contributed by atoms with Crippen molar-refractivity contribution in [3.8, 4) is 11.6 Å². The molecular weight excluding hydrogens is 457 g/mol. The van der Waals surface area contributed by atoms with Crippen LogP contribution in [-0.2, 0) is 10.9 Å². The van der Waals surface area contributed by atoms with Gasteiger partial charge in [0.05, 0.1) is 33.9 Å². The van der Waals surface area contributed by atoms with Crippen molar-refractivity contribution in [2.75, 3.05) is 12.4 Å². The predicted octanol–water partition coefficient (Wildman–Crippen LogP) is 5.38. The molecule has 0 bridgehead atoms. The molecule has 1 aromatic heterocycles. The van der Waals surface area contributed by atoms with E-state index in [0.29, 0.717) is 6.07 Å². The van der Waals surface area contributed by atoms with Gasteiger partial charge in [-0.2, -0.15) is 18.2 Å². The number of methoxy groups -OCH3 is 1. The Labute approximate surface area is 182 Å². The molecule has 0 fully saturated rings. The van der Waals surface area contributed by atoms with E-state index in [0.717, 1.165) is 18.5 Å². The highest BCUT2D eigenvalue weighted by Gasteiger charge is 2.32. The number of carbonyl (C=O) groups is 1. The lowest BCUT2D eigenvalue weighted by Gasteiger charge is -2.13. The van der Waals surface area contributed by atoms with E-state index in [1.165, 1.54) is 31.4 Å². The molecule has 9 nitrogen and oxygen atoms in total. The predicted molar refractivity (Wildman–Crippen MR) is 106 cm³/mol. The minimum absolute atomic E-state index is 0.0995. The van der Waals surface area contributed by atoms with Gasteiger partial charge >= 0.3 is 23.7 Å². The summed E-state index contributed by atoms with van der Waals surface area (Å²) in [5, 5.41) is 14.0. The molecule has 0 amide bonds. The van der Waals surface area contributed by atoms with Crippen molar-refractivity contribution in [1.82, 2.24) is 9.97 Å². The fraction of sp³-hybridized carbons (Fsp3) is 0.105. The number of rotatable bonds is 6. The van der Waals surface area contributed by atoms with Gasteiger partial charge in [0.2, 0.25) is 5.82 Å². The van der Waals surface area contributed by atoms with Crippen LogP contribution in [0.15, 0.2) is 48.8 Å². The number of nitro groups is 1. The highest BCUT2D eigenvalue weighted by Crippen LogP contribution is 2.39. The zero-order chi connectivity index (χ0) is 23.5. The van der Waals surface area contributed by atoms with Crippen LogP contribution in [0.5, 0.6) is 11.6 Å². The van der Waals surface area contributed by atoms with Gasteiger partial charge in [-0.3, -0.25) is 10.1 Å². The monoisotopic (exact) mass is 468 g/mol. The second kappa shape index (κ2) is 9.06. The normalized spacial score (nSPS) is 11.0. The van der Waals surface area contributed by atoms with Crippen molar-refractivity contribution < 1.29 is 32.4 Å². The van der Waals surface area contributed by atoms with Crippen LogP contribution in [-0.4, -0.2) is 28.0 Å². The van der Waals surface area contributed by atoms with Gasteiger partial charge in [-0.15, -0.1) is 0 Å². The average molecular weight is 469 g/mol. The van der Waals surface area contributed by atoms with E-state index >= 15 is 0 Å². The highest BCUT2D eigenvalue weighted by molar-refractivity contribution is 6.33. The van der Waals surface area contributed by atoms with Crippen LogP contribution >= 0.6 is 11.6 Å². The van der Waals surface area contributed by atoms with Crippen molar-refractivity contribution in [2.45, 2.75) is 6.18 Å². The largest absolute Gasteiger partial charge is 0.465 e. The fourth-order valence-corrected chi connectivity index (χ4v) is 2.67. The third-order valence-electron chi connectivity index (χ3n) is 4.01. The molecule has 0 unspecified atom stereocenters. The van der Waals surface area contributed by atoms with Gasteiger partial charge in [0.1, 0.15) is 12.1 Å². The Hall–Kier alpha value is -3.93. The Morgan fingerprint density at radius 2 is 1.84 bits per heavy atom. The van der Waals surface area contributed by atoms with Gasteiger partial charge < -0.3 is 14.8 Å². The maximum absolute atomic E-state index is 13.0. The Kier molecular flexibility index (Phi) is 6.44. The van der Waals surface area contributed by atoms with Crippen molar-refractivity contribution in [2.24, 2.45) is 0 Å². The van der Waals surface area contributed by atoms with Crippen LogP contribution in [0.25, 0.3) is 0 Å². The number of nitrogens with one attached hydrogen (secondary N) is 1. The quantitative estimate of drug-likeness (QED) is 0.291. The topological polar surface area (TPSA) is 116 Å². The molecule has 0 aliphatic carbocycles. The minimum Gasteiger partial charge on any atom is -0.465 e. The number of hydrogen-bond acceptors (Lipinski definition) is 8. The highest BCUT2D eigenvalue weighted by atomic mass is 35.5. The molecule has 166 valence electrons. The Morgan fingerprint density at radius 3 is 2.44 bits per heavy atom. The summed E-state index contributed by atoms with van der Waals surface area (Å²) in [4.78, 5) is 29.7. The van der Waals surface area contributed by atoms with Crippen molar-refractivity contribution in [1.29, 1.82) is 0 Å². The molecule has 32 heavy (non-hydrogen) atoms. The van der Waals surface area contributed by atoms with E-state index in [9.17, 15) is 28.1 Å². The van der Waals surface area contributed by atoms with Crippen LogP contribution in [0.3, 0.4) is 0 Å². The summed E-state index contributed by atoms with van der Waals surface area (Å²) < 4.78 is 49.0. The van der Waals surface area contributed by atoms with Gasteiger partial charge in [0, 0.05) is 0 Å². The molecule has 0 radical (unpaired) electrons. The lowest BCUT2D eigenvalue weighted by molar-refractivity contribution is -0.385. The van der Waals surface area contributed by atoms with E-state index in [4.69, 9.17) is 16.3 Å². The van der Waals surface area contributed by atoms with Crippen LogP contribution < -0.4 is 10.1 Å². The van der Waals surface area contributed by atoms with Crippen molar-refractivity contribution in [3.05, 3.63) is 75.1 Å². The number of halogens is 4. The number of esters is 1. The second-order valence-electron chi connectivity index (χ2n) is 6.07. The fourth-order valence-electron chi connectivity index (χ4n) is 2.51. The molecule has 0 aliphatic heterocycles. The van der Waals surface area contributed by atoms with Gasteiger partial charge in [0.15, 0.2) is 0 Å². The SMILES string of the molecule is COC(=O)c1ccc(Oc2ncnc(Nc3cc(C(F)(F)F)ccc3Cl)c2[N+](=O)[O-])cc1. The van der Waals surface area contributed by atoms with Crippen LogP contribution in [0.2, 0.25) is 5.02 Å². The number of nitrogens with zero attached hydrogens (tertiary/aromatic N) is 3. The number of hydrogen-bond donors (Lipinski definition) is 1. The van der Waals surface area contributed by atoms with E-state index in [2.05, 4.69) is 20.0 Å². The van der Waals surface area contributed by atoms with Crippen LogP contribution in [0, 0.1) is 10.1 Å². The second-order valence-corrected chi connectivity index (χ2v) is 6.48. The lowest BCUT2D eigenvalue weighted by Crippen LogP contribution is -2.07. The Bertz CT molecular complexity index is 1170. The summed E-state index contributed by atoms with van der Waals surface area (Å²) in [5.74, 6) is -1.41. The molecule has 1 heterocycles. The average Bonchev–Trinajstić information content (AvgIpc) is 2.74. The first-order valence-corrected chi connectivity index (χ1v) is 8.97. The molecule has 0 atom stereocenters. The zero-order valence-electron chi connectivity index (χ0n) is 16.0. The molecule has 0 spiro atoms. The van der Waals surface area contributed by atoms with Gasteiger partial charge in [0.25, 0.3) is 0 Å². The summed E-state index contributed by atoms with van der Waals surface area (Å²) in [7, 11) is 1.21. The smallest absolute Gasteiger partial charge is 0.416 e. The molecule has 1 N–H and O–H groups in total. The van der Waals surface area contributed by atoms with E-state index in [-0.39, 0.29) is 22.0 Å². The first-order valence-electron chi connectivity index (χ1n) is 8.59. The molecule has 13 heteroatoms. The maximum Gasteiger partial charge on any atom is 0.416 e. The summed E-state index contributed by atoms with van der Waals surface area (Å²) in [5.41, 5.74) is -1.78. The molecule has 0 aliphatic rings. The van der Waals surface area contributed by atoms with Crippen molar-refractivity contribution in [3.63, 3.8) is 0 Å². The van der Waals surface area contributed by atoms with E-state index in [1.54, 1.807) is 0 Å². The molecular formula is C19H12ClF3N4O5. The summed E-state index contributed by atoms with van der Waals surface area (Å²) in [6.45, 7) is 0. The van der Waals surface area contributed by atoms with Gasteiger partial charge in [-0.25, -0.2) is 9.78 Å². The minimum atomic E-state index is -4.65. The third kappa shape index (κ3) is 5.03. The summed E-state index contributed by atoms with van der Waals surface area (Å²) >= 11 is 5.94. The molecule has 0 saturated carbocycles. The van der Waals surface area contributed by atoms with E-state index < -0.39 is 40.0 Å². The molecule has 3 aromatic rings. The van der Waals surface area contributed by atoms with Crippen molar-refractivity contribution >= 4 is 34.8 Å². The number of aromatic nitrogens is 2. The maximum atomic E-state index is 13.0. The first-order chi connectivity index (χ1) is 15.1. The van der Waals surface area contributed by atoms with Gasteiger partial charge in [-0.1, -0.05) is 11.6 Å². The number of ether oxygens (including phenoxy) is 2. The molecule has 2 aromatic carbocycles. The Balaban J connectivity index is 1.95. The molecule has 0 saturated heterocycles. The van der Waals surface area contributed by atoms with E-state index in [1.807, 2.05) is 0 Å². The third-order valence-corrected chi connectivity index (χ3v) is 4.34. The standard InChI is InChI=1S/C19H12ClF3N4O5/c1-31-18(28)10-2-5-12(6-3-10)32-17-15(27(29)30)16(24-9-25-17)26-14-8-11(19(21,22)23)4-7-13(14)20/h2-9H,1H3,(H,24,25,26). The molecule has 3 rings (SSSR count). The van der Waals surface area contributed by atoms with Crippen LogP contribution in [0.1, 0.15) is 15.9 Å². The summed E-state index contributed by atoms with van der Waals surface area (Å²) in [6, 6.07) is 7.92.